The lowest BCUT2D eigenvalue weighted by molar-refractivity contribution is 0.0450. The standard InChI is InChI=1S/C19H26N2O4/c1-4-14(12-22)20-7-9-21(10-8-20)19(23)18-13(2)16-11-15(24-3)5-6-17(16)25-18/h5-6,11,14,22H,4,7-10,12H2,1-3H3. The van der Waals surface area contributed by atoms with Crippen molar-refractivity contribution in [2.45, 2.75) is 26.3 Å². The van der Waals surface area contributed by atoms with E-state index < -0.39 is 0 Å². The third-order valence-corrected chi connectivity index (χ3v) is 5.14. The van der Waals surface area contributed by atoms with Gasteiger partial charge in [-0.3, -0.25) is 9.69 Å². The molecule has 0 aliphatic carbocycles. The van der Waals surface area contributed by atoms with E-state index in [2.05, 4.69) is 11.8 Å². The van der Waals surface area contributed by atoms with Crippen molar-refractivity contribution in [1.29, 1.82) is 0 Å². The van der Waals surface area contributed by atoms with Crippen molar-refractivity contribution in [1.82, 2.24) is 9.80 Å². The summed E-state index contributed by atoms with van der Waals surface area (Å²) in [5.41, 5.74) is 1.55. The Balaban J connectivity index is 1.76. The lowest BCUT2D eigenvalue weighted by Gasteiger charge is -2.38. The first kappa shape index (κ1) is 17.8. The largest absolute Gasteiger partial charge is 0.497 e. The number of carbonyl (C=O) groups excluding carboxylic acids is 1. The van der Waals surface area contributed by atoms with Crippen LogP contribution in [0.2, 0.25) is 0 Å². The summed E-state index contributed by atoms with van der Waals surface area (Å²) in [5, 5.41) is 10.4. The zero-order valence-electron chi connectivity index (χ0n) is 15.1. The highest BCUT2D eigenvalue weighted by molar-refractivity contribution is 5.99. The van der Waals surface area contributed by atoms with Crippen LogP contribution in [0.5, 0.6) is 5.75 Å². The molecule has 1 N–H and O–H groups in total. The summed E-state index contributed by atoms with van der Waals surface area (Å²) < 4.78 is 11.1. The molecule has 1 aromatic carbocycles. The number of hydrogen-bond donors (Lipinski definition) is 1. The van der Waals surface area contributed by atoms with Gasteiger partial charge in [-0.05, 0) is 31.5 Å². The Morgan fingerprint density at radius 1 is 1.32 bits per heavy atom. The minimum atomic E-state index is -0.0654. The van der Waals surface area contributed by atoms with E-state index in [9.17, 15) is 9.90 Å². The van der Waals surface area contributed by atoms with E-state index in [4.69, 9.17) is 9.15 Å². The number of benzene rings is 1. The van der Waals surface area contributed by atoms with Gasteiger partial charge < -0.3 is 19.2 Å². The molecule has 1 atom stereocenters. The van der Waals surface area contributed by atoms with E-state index in [0.717, 1.165) is 36.2 Å². The molecule has 6 heteroatoms. The van der Waals surface area contributed by atoms with Crippen molar-refractivity contribution >= 4 is 16.9 Å². The maximum atomic E-state index is 12.9. The predicted molar refractivity (Wildman–Crippen MR) is 96.1 cm³/mol. The van der Waals surface area contributed by atoms with Crippen LogP contribution in [0.25, 0.3) is 11.0 Å². The van der Waals surface area contributed by atoms with Gasteiger partial charge in [0.15, 0.2) is 5.76 Å². The van der Waals surface area contributed by atoms with Crippen molar-refractivity contribution < 1.29 is 19.1 Å². The number of furan rings is 1. The number of fused-ring (bicyclic) bond motifs is 1. The molecule has 2 heterocycles. The number of nitrogens with zero attached hydrogens (tertiary/aromatic N) is 2. The highest BCUT2D eigenvalue weighted by Crippen LogP contribution is 2.29. The van der Waals surface area contributed by atoms with E-state index in [1.165, 1.54) is 0 Å². The molecular formula is C19H26N2O4. The molecule has 0 spiro atoms. The zero-order chi connectivity index (χ0) is 18.0. The van der Waals surface area contributed by atoms with Crippen LogP contribution in [0.1, 0.15) is 29.5 Å². The van der Waals surface area contributed by atoms with Crippen molar-refractivity contribution in [2.24, 2.45) is 0 Å². The number of rotatable bonds is 5. The van der Waals surface area contributed by atoms with Gasteiger partial charge in [-0.1, -0.05) is 6.92 Å². The number of piperazine rings is 1. The molecule has 0 bridgehead atoms. The second kappa shape index (κ2) is 7.45. The summed E-state index contributed by atoms with van der Waals surface area (Å²) in [5.74, 6) is 1.09. The van der Waals surface area contributed by atoms with Gasteiger partial charge in [0.05, 0.1) is 13.7 Å². The Morgan fingerprint density at radius 2 is 2.04 bits per heavy atom. The molecule has 6 nitrogen and oxygen atoms in total. The minimum absolute atomic E-state index is 0.0654. The molecule has 0 radical (unpaired) electrons. The molecule has 1 saturated heterocycles. The fourth-order valence-electron chi connectivity index (χ4n) is 3.47. The highest BCUT2D eigenvalue weighted by atomic mass is 16.5. The Labute approximate surface area is 148 Å². The van der Waals surface area contributed by atoms with E-state index in [1.54, 1.807) is 7.11 Å². The van der Waals surface area contributed by atoms with E-state index >= 15 is 0 Å². The molecule has 1 aromatic heterocycles. The minimum Gasteiger partial charge on any atom is -0.497 e. The number of methoxy groups -OCH3 is 1. The van der Waals surface area contributed by atoms with Gasteiger partial charge in [0, 0.05) is 43.2 Å². The quantitative estimate of drug-likeness (QED) is 0.900. The highest BCUT2D eigenvalue weighted by Gasteiger charge is 2.28. The van der Waals surface area contributed by atoms with Crippen molar-refractivity contribution in [3.05, 3.63) is 29.5 Å². The molecule has 1 aliphatic heterocycles. The maximum absolute atomic E-state index is 12.9. The maximum Gasteiger partial charge on any atom is 0.289 e. The van der Waals surface area contributed by atoms with Gasteiger partial charge in [0.2, 0.25) is 0 Å². The van der Waals surface area contributed by atoms with E-state index in [-0.39, 0.29) is 18.6 Å². The summed E-state index contributed by atoms with van der Waals surface area (Å²) in [6, 6.07) is 5.74. The lowest BCUT2D eigenvalue weighted by Crippen LogP contribution is -2.52. The van der Waals surface area contributed by atoms with Crippen LogP contribution in [0.4, 0.5) is 0 Å². The first-order valence-corrected chi connectivity index (χ1v) is 8.80. The van der Waals surface area contributed by atoms with Gasteiger partial charge in [-0.15, -0.1) is 0 Å². The Hall–Kier alpha value is -2.05. The Morgan fingerprint density at radius 3 is 2.64 bits per heavy atom. The number of aryl methyl sites for hydroxylation is 1. The number of aliphatic hydroxyl groups is 1. The molecule has 3 rings (SSSR count). The van der Waals surface area contributed by atoms with Gasteiger partial charge in [-0.25, -0.2) is 0 Å². The van der Waals surface area contributed by atoms with E-state index in [1.807, 2.05) is 30.0 Å². The first-order chi connectivity index (χ1) is 12.1. The van der Waals surface area contributed by atoms with Gasteiger partial charge in [0.25, 0.3) is 5.91 Å². The van der Waals surface area contributed by atoms with Crippen molar-refractivity contribution in [3.63, 3.8) is 0 Å². The number of hydrogen-bond acceptors (Lipinski definition) is 5. The number of aliphatic hydroxyl groups excluding tert-OH is 1. The second-order valence-corrected chi connectivity index (χ2v) is 6.49. The number of ether oxygens (including phenoxy) is 1. The normalized spacial score (nSPS) is 17.0. The topological polar surface area (TPSA) is 66.2 Å². The predicted octanol–water partition coefficient (Wildman–Crippen LogP) is 2.28. The average Bonchev–Trinajstić information content (AvgIpc) is 2.99. The number of amides is 1. The summed E-state index contributed by atoms with van der Waals surface area (Å²) in [6.07, 6.45) is 0.912. The molecule has 0 saturated carbocycles. The average molecular weight is 346 g/mol. The van der Waals surface area contributed by atoms with Crippen LogP contribution in [-0.4, -0.2) is 66.8 Å². The van der Waals surface area contributed by atoms with E-state index in [0.29, 0.717) is 24.4 Å². The fourth-order valence-corrected chi connectivity index (χ4v) is 3.47. The summed E-state index contributed by atoms with van der Waals surface area (Å²) in [6.45, 7) is 6.99. The Kier molecular flexibility index (Phi) is 5.30. The molecule has 1 unspecified atom stereocenters. The molecule has 136 valence electrons. The van der Waals surface area contributed by atoms with Crippen molar-refractivity contribution in [2.75, 3.05) is 39.9 Å². The molecular weight excluding hydrogens is 320 g/mol. The third-order valence-electron chi connectivity index (χ3n) is 5.14. The number of carbonyl (C=O) groups is 1. The second-order valence-electron chi connectivity index (χ2n) is 6.49. The van der Waals surface area contributed by atoms with Gasteiger partial charge >= 0.3 is 0 Å². The molecule has 1 aliphatic rings. The summed E-state index contributed by atoms with van der Waals surface area (Å²) in [7, 11) is 1.62. The monoisotopic (exact) mass is 346 g/mol. The summed E-state index contributed by atoms with van der Waals surface area (Å²) >= 11 is 0. The Bertz CT molecular complexity index is 743. The molecule has 25 heavy (non-hydrogen) atoms. The lowest BCUT2D eigenvalue weighted by atomic mass is 10.1. The molecule has 1 amide bonds. The molecule has 1 fully saturated rings. The van der Waals surface area contributed by atoms with Gasteiger partial charge in [0.1, 0.15) is 11.3 Å². The smallest absolute Gasteiger partial charge is 0.289 e. The van der Waals surface area contributed by atoms with Crippen LogP contribution in [-0.2, 0) is 0 Å². The SMILES string of the molecule is CCC(CO)N1CCN(C(=O)c2oc3ccc(OC)cc3c2C)CC1. The van der Waals surface area contributed by atoms with Crippen LogP contribution in [0.15, 0.2) is 22.6 Å². The van der Waals surface area contributed by atoms with Crippen LogP contribution in [0, 0.1) is 6.92 Å². The molecule has 2 aromatic rings. The zero-order valence-corrected chi connectivity index (χ0v) is 15.1. The fraction of sp³-hybridized carbons (Fsp3) is 0.526. The first-order valence-electron chi connectivity index (χ1n) is 8.80. The van der Waals surface area contributed by atoms with Gasteiger partial charge in [-0.2, -0.15) is 0 Å². The summed E-state index contributed by atoms with van der Waals surface area (Å²) in [4.78, 5) is 17.0. The van der Waals surface area contributed by atoms with Crippen LogP contribution in [0.3, 0.4) is 0 Å². The van der Waals surface area contributed by atoms with Crippen LogP contribution < -0.4 is 4.74 Å². The van der Waals surface area contributed by atoms with Crippen molar-refractivity contribution in [3.8, 4) is 5.75 Å². The van der Waals surface area contributed by atoms with Crippen LogP contribution >= 0.6 is 0 Å². The third kappa shape index (κ3) is 3.37.